The molecule has 2 heterocycles. The molecule has 5 heteroatoms. The SMILES string of the molecule is Cc1ncsc1CCN1C=CNN1. The Morgan fingerprint density at radius 3 is 3.15 bits per heavy atom. The molecule has 0 aliphatic carbocycles. The van der Waals surface area contributed by atoms with Gasteiger partial charge in [-0.2, -0.15) is 0 Å². The molecule has 0 aromatic carbocycles. The molecule has 2 N–H and O–H groups in total. The molecule has 4 nitrogen and oxygen atoms in total. The average Bonchev–Trinajstić information content (AvgIpc) is 2.72. The van der Waals surface area contributed by atoms with E-state index in [1.807, 2.05) is 22.9 Å². The second-order valence-electron chi connectivity index (χ2n) is 2.88. The van der Waals surface area contributed by atoms with Gasteiger partial charge in [-0.3, -0.25) is 5.01 Å². The Morgan fingerprint density at radius 1 is 1.62 bits per heavy atom. The minimum absolute atomic E-state index is 0.965. The fourth-order valence-corrected chi connectivity index (χ4v) is 1.97. The number of aryl methyl sites for hydroxylation is 1. The van der Waals surface area contributed by atoms with Crippen LogP contribution in [0.25, 0.3) is 0 Å². The third-order valence-corrected chi connectivity index (χ3v) is 2.97. The zero-order valence-electron chi connectivity index (χ0n) is 7.45. The normalized spacial score (nSPS) is 15.0. The monoisotopic (exact) mass is 196 g/mol. The van der Waals surface area contributed by atoms with Crippen molar-refractivity contribution in [2.45, 2.75) is 13.3 Å². The third kappa shape index (κ3) is 1.99. The van der Waals surface area contributed by atoms with Crippen LogP contribution in [0.4, 0.5) is 0 Å². The van der Waals surface area contributed by atoms with Crippen molar-refractivity contribution in [2.24, 2.45) is 0 Å². The van der Waals surface area contributed by atoms with Crippen LogP contribution in [0.5, 0.6) is 0 Å². The van der Waals surface area contributed by atoms with Crippen molar-refractivity contribution in [2.75, 3.05) is 6.54 Å². The molecule has 70 valence electrons. The molecule has 0 radical (unpaired) electrons. The van der Waals surface area contributed by atoms with Crippen LogP contribution in [0.1, 0.15) is 10.6 Å². The Balaban J connectivity index is 1.85. The van der Waals surface area contributed by atoms with E-state index in [2.05, 4.69) is 22.9 Å². The summed E-state index contributed by atoms with van der Waals surface area (Å²) in [6.45, 7) is 3.02. The minimum Gasteiger partial charge on any atom is -0.310 e. The number of hydrazine groups is 2. The Labute approximate surface area is 81.2 Å². The van der Waals surface area contributed by atoms with Crippen LogP contribution in [-0.4, -0.2) is 16.5 Å². The molecule has 0 fully saturated rings. The smallest absolute Gasteiger partial charge is 0.0797 e. The van der Waals surface area contributed by atoms with Crippen molar-refractivity contribution in [1.82, 2.24) is 21.0 Å². The largest absolute Gasteiger partial charge is 0.310 e. The Bertz CT molecular complexity index is 307. The Kier molecular flexibility index (Phi) is 2.47. The van der Waals surface area contributed by atoms with Crippen LogP contribution < -0.4 is 11.0 Å². The van der Waals surface area contributed by atoms with E-state index in [0.717, 1.165) is 18.7 Å². The Hall–Kier alpha value is -1.07. The molecule has 0 saturated heterocycles. The van der Waals surface area contributed by atoms with Gasteiger partial charge >= 0.3 is 0 Å². The van der Waals surface area contributed by atoms with Gasteiger partial charge in [-0.05, 0) is 6.92 Å². The van der Waals surface area contributed by atoms with Gasteiger partial charge in [-0.1, -0.05) is 0 Å². The lowest BCUT2D eigenvalue weighted by Gasteiger charge is -2.14. The van der Waals surface area contributed by atoms with E-state index in [1.165, 1.54) is 4.88 Å². The molecule has 1 aromatic heterocycles. The maximum Gasteiger partial charge on any atom is 0.0797 e. The van der Waals surface area contributed by atoms with Gasteiger partial charge in [-0.25, -0.2) is 4.98 Å². The summed E-state index contributed by atoms with van der Waals surface area (Å²) in [6.07, 6.45) is 4.89. The summed E-state index contributed by atoms with van der Waals surface area (Å²) >= 11 is 1.72. The number of rotatable bonds is 3. The highest BCUT2D eigenvalue weighted by molar-refractivity contribution is 7.09. The molecular formula is C8H12N4S. The summed E-state index contributed by atoms with van der Waals surface area (Å²) in [5, 5.41) is 2.01. The fraction of sp³-hybridized carbons (Fsp3) is 0.375. The summed E-state index contributed by atoms with van der Waals surface area (Å²) in [7, 11) is 0. The highest BCUT2D eigenvalue weighted by atomic mass is 32.1. The Morgan fingerprint density at radius 2 is 2.54 bits per heavy atom. The highest BCUT2D eigenvalue weighted by Gasteiger charge is 2.05. The van der Waals surface area contributed by atoms with Crippen molar-refractivity contribution >= 4 is 11.3 Å². The van der Waals surface area contributed by atoms with Crippen LogP contribution in [0, 0.1) is 6.92 Å². The summed E-state index contributed by atoms with van der Waals surface area (Å²) in [4.78, 5) is 5.57. The first-order chi connectivity index (χ1) is 6.36. The molecule has 0 unspecified atom stereocenters. The van der Waals surface area contributed by atoms with Crippen molar-refractivity contribution < 1.29 is 0 Å². The number of nitrogens with one attached hydrogen (secondary N) is 2. The second-order valence-corrected chi connectivity index (χ2v) is 3.82. The predicted molar refractivity (Wildman–Crippen MR) is 52.7 cm³/mol. The molecule has 1 aromatic rings. The lowest BCUT2D eigenvalue weighted by molar-refractivity contribution is 0.275. The van der Waals surface area contributed by atoms with Gasteiger partial charge in [0.15, 0.2) is 0 Å². The molecular weight excluding hydrogens is 184 g/mol. The van der Waals surface area contributed by atoms with Crippen molar-refractivity contribution in [3.63, 3.8) is 0 Å². The van der Waals surface area contributed by atoms with Gasteiger partial charge in [0.1, 0.15) is 0 Å². The van der Waals surface area contributed by atoms with Gasteiger partial charge in [0.05, 0.1) is 11.2 Å². The summed E-state index contributed by atoms with van der Waals surface area (Å²) < 4.78 is 0. The molecule has 0 atom stereocenters. The van der Waals surface area contributed by atoms with Gasteiger partial charge in [0.2, 0.25) is 0 Å². The van der Waals surface area contributed by atoms with E-state index in [-0.39, 0.29) is 0 Å². The number of hydrogen-bond acceptors (Lipinski definition) is 5. The van der Waals surface area contributed by atoms with E-state index in [4.69, 9.17) is 0 Å². The number of hydrogen-bond donors (Lipinski definition) is 2. The van der Waals surface area contributed by atoms with Crippen molar-refractivity contribution in [3.05, 3.63) is 28.5 Å². The van der Waals surface area contributed by atoms with Gasteiger partial charge in [-0.15, -0.1) is 16.9 Å². The van der Waals surface area contributed by atoms with Crippen LogP contribution in [0.2, 0.25) is 0 Å². The summed E-state index contributed by atoms with van der Waals surface area (Å²) in [5.41, 5.74) is 8.95. The zero-order valence-corrected chi connectivity index (χ0v) is 8.27. The van der Waals surface area contributed by atoms with Crippen LogP contribution in [-0.2, 0) is 6.42 Å². The lowest BCUT2D eigenvalue weighted by atomic mass is 10.3. The third-order valence-electron chi connectivity index (χ3n) is 1.97. The molecule has 13 heavy (non-hydrogen) atoms. The van der Waals surface area contributed by atoms with Crippen LogP contribution in [0.3, 0.4) is 0 Å². The van der Waals surface area contributed by atoms with Gasteiger partial charge in [0, 0.05) is 30.2 Å². The fourth-order valence-electron chi connectivity index (χ4n) is 1.20. The van der Waals surface area contributed by atoms with E-state index in [1.54, 1.807) is 11.3 Å². The van der Waals surface area contributed by atoms with E-state index >= 15 is 0 Å². The van der Waals surface area contributed by atoms with E-state index < -0.39 is 0 Å². The predicted octanol–water partition coefficient (Wildman–Crippen LogP) is 0.790. The quantitative estimate of drug-likeness (QED) is 0.750. The zero-order chi connectivity index (χ0) is 9.10. The standard InChI is InChI=1S/C8H12N4S/c1-7-8(13-6-9-7)2-4-12-5-3-10-11-12/h3,5-6,10-11H,2,4H2,1H3. The maximum atomic E-state index is 4.21. The van der Waals surface area contributed by atoms with E-state index in [9.17, 15) is 0 Å². The second kappa shape index (κ2) is 3.76. The van der Waals surface area contributed by atoms with Gasteiger partial charge in [0.25, 0.3) is 0 Å². The number of nitrogens with zero attached hydrogens (tertiary/aromatic N) is 2. The van der Waals surface area contributed by atoms with E-state index in [0.29, 0.717) is 0 Å². The molecule has 0 amide bonds. The summed E-state index contributed by atoms with van der Waals surface area (Å²) in [5.74, 6) is 0. The molecule has 0 bridgehead atoms. The lowest BCUT2D eigenvalue weighted by Crippen LogP contribution is -2.36. The highest BCUT2D eigenvalue weighted by Crippen LogP contribution is 2.12. The van der Waals surface area contributed by atoms with Crippen molar-refractivity contribution in [1.29, 1.82) is 0 Å². The molecule has 0 saturated carbocycles. The first-order valence-electron chi connectivity index (χ1n) is 4.20. The topological polar surface area (TPSA) is 40.2 Å². The minimum atomic E-state index is 0.965. The maximum absolute atomic E-state index is 4.21. The van der Waals surface area contributed by atoms with Gasteiger partial charge < -0.3 is 5.43 Å². The summed E-state index contributed by atoms with van der Waals surface area (Å²) in [6, 6.07) is 0. The number of aromatic nitrogens is 1. The average molecular weight is 196 g/mol. The van der Waals surface area contributed by atoms with Crippen molar-refractivity contribution in [3.8, 4) is 0 Å². The first-order valence-corrected chi connectivity index (χ1v) is 5.07. The number of thiazole rings is 1. The molecule has 0 spiro atoms. The molecule has 1 aliphatic heterocycles. The first kappa shape index (κ1) is 8.52. The molecule has 2 rings (SSSR count). The van der Waals surface area contributed by atoms with Crippen LogP contribution >= 0.6 is 11.3 Å². The molecule has 1 aliphatic rings. The van der Waals surface area contributed by atoms with Crippen LogP contribution in [0.15, 0.2) is 17.9 Å².